The Labute approximate surface area is 112 Å². The molecule has 2 atom stereocenters. The predicted octanol–water partition coefficient (Wildman–Crippen LogP) is 1.68. The van der Waals surface area contributed by atoms with E-state index < -0.39 is 0 Å². The van der Waals surface area contributed by atoms with E-state index in [0.29, 0.717) is 18.0 Å². The molecule has 4 heteroatoms. The van der Waals surface area contributed by atoms with Crippen molar-refractivity contribution in [1.82, 2.24) is 15.5 Å². The number of nitrogens with one attached hydrogen (secondary N) is 2. The van der Waals surface area contributed by atoms with Gasteiger partial charge < -0.3 is 10.6 Å². The molecule has 0 aliphatic carbocycles. The summed E-state index contributed by atoms with van der Waals surface area (Å²) >= 11 is 0. The van der Waals surface area contributed by atoms with E-state index in [9.17, 15) is 0 Å². The Kier molecular flexibility index (Phi) is 6.47. The molecule has 2 N–H and O–H groups in total. The van der Waals surface area contributed by atoms with Crippen LogP contribution in [0.1, 0.15) is 41.0 Å². The molecule has 18 heavy (non-hydrogen) atoms. The van der Waals surface area contributed by atoms with Gasteiger partial charge in [-0.2, -0.15) is 0 Å². The van der Waals surface area contributed by atoms with E-state index in [1.807, 2.05) is 0 Å². The third kappa shape index (κ3) is 4.48. The highest BCUT2D eigenvalue weighted by Gasteiger charge is 2.31. The summed E-state index contributed by atoms with van der Waals surface area (Å²) in [5, 5.41) is 6.91. The third-order valence-corrected chi connectivity index (χ3v) is 3.53. The maximum Gasteiger partial charge on any atom is 0.191 e. The molecule has 1 saturated heterocycles. The Morgan fingerprint density at radius 2 is 2.06 bits per heavy atom. The zero-order valence-corrected chi connectivity index (χ0v) is 12.7. The van der Waals surface area contributed by atoms with Crippen molar-refractivity contribution < 1.29 is 0 Å². The molecule has 1 aliphatic rings. The average molecular weight is 254 g/mol. The molecule has 1 fully saturated rings. The number of aliphatic imine (C=N–C) groups is 1. The molecule has 0 amide bonds. The van der Waals surface area contributed by atoms with Gasteiger partial charge in [0.1, 0.15) is 0 Å². The van der Waals surface area contributed by atoms with E-state index in [1.54, 1.807) is 0 Å². The van der Waals surface area contributed by atoms with Gasteiger partial charge in [-0.1, -0.05) is 13.8 Å². The Bertz CT molecular complexity index is 263. The van der Waals surface area contributed by atoms with Crippen LogP contribution in [0.4, 0.5) is 0 Å². The molecular formula is C14H30N4. The number of nitrogens with zero attached hydrogens (tertiary/aromatic N) is 2. The molecule has 0 spiro atoms. The number of hydrogen-bond donors (Lipinski definition) is 2. The van der Waals surface area contributed by atoms with E-state index in [-0.39, 0.29) is 0 Å². The molecule has 4 nitrogen and oxygen atoms in total. The minimum absolute atomic E-state index is 0.516. The van der Waals surface area contributed by atoms with E-state index in [4.69, 9.17) is 0 Å². The second-order valence-electron chi connectivity index (χ2n) is 5.54. The number of guanidine groups is 1. The van der Waals surface area contributed by atoms with Gasteiger partial charge in [0, 0.05) is 38.3 Å². The van der Waals surface area contributed by atoms with Gasteiger partial charge in [0.05, 0.1) is 0 Å². The minimum atomic E-state index is 0.516. The molecule has 0 saturated carbocycles. The molecule has 1 heterocycles. The molecule has 0 aromatic heterocycles. The van der Waals surface area contributed by atoms with Crippen LogP contribution in [-0.2, 0) is 0 Å². The Balaban J connectivity index is 2.53. The first-order valence-electron chi connectivity index (χ1n) is 7.37. The molecular weight excluding hydrogens is 224 g/mol. The van der Waals surface area contributed by atoms with Crippen LogP contribution >= 0.6 is 0 Å². The lowest BCUT2D eigenvalue weighted by Crippen LogP contribution is -2.46. The van der Waals surface area contributed by atoms with Gasteiger partial charge in [-0.3, -0.25) is 9.89 Å². The highest BCUT2D eigenvalue weighted by atomic mass is 15.3. The highest BCUT2D eigenvalue weighted by molar-refractivity contribution is 5.80. The van der Waals surface area contributed by atoms with Crippen molar-refractivity contribution in [2.75, 3.05) is 26.2 Å². The van der Waals surface area contributed by atoms with Crippen molar-refractivity contribution in [3.63, 3.8) is 0 Å². The minimum Gasteiger partial charge on any atom is -0.357 e. The Morgan fingerprint density at radius 3 is 2.56 bits per heavy atom. The van der Waals surface area contributed by atoms with Gasteiger partial charge in [-0.25, -0.2) is 0 Å². The van der Waals surface area contributed by atoms with Gasteiger partial charge in [-0.05, 0) is 33.1 Å². The lowest BCUT2D eigenvalue weighted by Gasteiger charge is -2.21. The Morgan fingerprint density at radius 1 is 1.33 bits per heavy atom. The van der Waals surface area contributed by atoms with Crippen LogP contribution in [0, 0.1) is 5.92 Å². The van der Waals surface area contributed by atoms with Crippen molar-refractivity contribution in [1.29, 1.82) is 0 Å². The number of likely N-dealkylation sites (tertiary alicyclic amines) is 1. The monoisotopic (exact) mass is 254 g/mol. The summed E-state index contributed by atoms with van der Waals surface area (Å²) in [6, 6.07) is 1.15. The predicted molar refractivity (Wildman–Crippen MR) is 79.1 cm³/mol. The van der Waals surface area contributed by atoms with E-state index in [0.717, 1.165) is 32.0 Å². The molecule has 1 aliphatic heterocycles. The molecule has 2 unspecified atom stereocenters. The van der Waals surface area contributed by atoms with E-state index in [1.165, 1.54) is 6.54 Å². The first-order valence-corrected chi connectivity index (χ1v) is 7.37. The molecule has 0 aromatic rings. The first kappa shape index (κ1) is 15.3. The fourth-order valence-corrected chi connectivity index (χ4v) is 2.33. The van der Waals surface area contributed by atoms with Crippen LogP contribution < -0.4 is 10.6 Å². The van der Waals surface area contributed by atoms with Crippen LogP contribution in [-0.4, -0.2) is 49.1 Å². The van der Waals surface area contributed by atoms with Gasteiger partial charge in [0.2, 0.25) is 0 Å². The third-order valence-electron chi connectivity index (χ3n) is 3.53. The second-order valence-corrected chi connectivity index (χ2v) is 5.54. The second kappa shape index (κ2) is 7.62. The summed E-state index contributed by atoms with van der Waals surface area (Å²) in [5.74, 6) is 1.65. The molecule has 0 radical (unpaired) electrons. The lowest BCUT2D eigenvalue weighted by atomic mass is 10.1. The van der Waals surface area contributed by atoms with Crippen molar-refractivity contribution in [3.05, 3.63) is 0 Å². The fourth-order valence-electron chi connectivity index (χ4n) is 2.33. The van der Waals surface area contributed by atoms with Gasteiger partial charge in [0.25, 0.3) is 0 Å². The fraction of sp³-hybridized carbons (Fsp3) is 0.929. The van der Waals surface area contributed by atoms with Gasteiger partial charge >= 0.3 is 0 Å². The number of rotatable bonds is 5. The standard InChI is InChI=1S/C14H30N4/c1-6-8-16-14(15-7-2)17-13-10-18(11(3)4)9-12(13)5/h11-13H,6-10H2,1-5H3,(H2,15,16,17). The zero-order valence-electron chi connectivity index (χ0n) is 12.7. The highest BCUT2D eigenvalue weighted by Crippen LogP contribution is 2.18. The summed E-state index contributed by atoms with van der Waals surface area (Å²) < 4.78 is 0. The van der Waals surface area contributed by atoms with Crippen LogP contribution in [0.15, 0.2) is 4.99 Å². The first-order chi connectivity index (χ1) is 8.58. The Hall–Kier alpha value is -0.770. The summed E-state index contributed by atoms with van der Waals surface area (Å²) in [6.45, 7) is 15.3. The van der Waals surface area contributed by atoms with Crippen molar-refractivity contribution in [2.24, 2.45) is 10.9 Å². The van der Waals surface area contributed by atoms with Gasteiger partial charge in [0.15, 0.2) is 5.96 Å². The number of hydrogen-bond acceptors (Lipinski definition) is 2. The summed E-state index contributed by atoms with van der Waals surface area (Å²) in [4.78, 5) is 7.11. The smallest absolute Gasteiger partial charge is 0.191 e. The summed E-state index contributed by atoms with van der Waals surface area (Å²) in [5.41, 5.74) is 0. The molecule has 106 valence electrons. The topological polar surface area (TPSA) is 39.7 Å². The average Bonchev–Trinajstić information content (AvgIpc) is 2.68. The van der Waals surface area contributed by atoms with Gasteiger partial charge in [-0.15, -0.1) is 0 Å². The maximum atomic E-state index is 4.58. The zero-order chi connectivity index (χ0) is 13.5. The lowest BCUT2D eigenvalue weighted by molar-refractivity contribution is 0.265. The SMILES string of the molecule is CCCN=C(NCC)NC1CN(C(C)C)CC1C. The quantitative estimate of drug-likeness (QED) is 0.579. The molecule has 0 bridgehead atoms. The normalized spacial score (nSPS) is 25.8. The largest absolute Gasteiger partial charge is 0.357 e. The van der Waals surface area contributed by atoms with Crippen LogP contribution in [0.3, 0.4) is 0 Å². The summed E-state index contributed by atoms with van der Waals surface area (Å²) in [7, 11) is 0. The van der Waals surface area contributed by atoms with E-state index in [2.05, 4.69) is 55.1 Å². The maximum absolute atomic E-state index is 4.58. The molecule has 0 aromatic carbocycles. The van der Waals surface area contributed by atoms with Crippen molar-refractivity contribution in [2.45, 2.75) is 53.1 Å². The van der Waals surface area contributed by atoms with Crippen molar-refractivity contribution in [3.8, 4) is 0 Å². The molecule has 1 rings (SSSR count). The van der Waals surface area contributed by atoms with Crippen LogP contribution in [0.25, 0.3) is 0 Å². The van der Waals surface area contributed by atoms with E-state index >= 15 is 0 Å². The summed E-state index contributed by atoms with van der Waals surface area (Å²) in [6.07, 6.45) is 1.09. The van der Waals surface area contributed by atoms with Crippen molar-refractivity contribution >= 4 is 5.96 Å². The van der Waals surface area contributed by atoms with Crippen LogP contribution in [0.2, 0.25) is 0 Å². The van der Waals surface area contributed by atoms with Crippen LogP contribution in [0.5, 0.6) is 0 Å².